The standard InChI is InChI=1S/C16H15NO3S/c18-8-3-5-12-7-9-21-15(12)11-17-16(20)10-13-4-1-2-6-14(13)19/h1-2,4,6-7,9,18-19H,8,10-11H2,(H,17,20). The molecule has 2 rings (SSSR count). The number of phenolic OH excluding ortho intramolecular Hbond substituents is 1. The second kappa shape index (κ2) is 7.48. The summed E-state index contributed by atoms with van der Waals surface area (Å²) >= 11 is 1.50. The SMILES string of the molecule is O=C(Cc1ccccc1O)NCc1sccc1C#CCO. The van der Waals surface area contributed by atoms with Crippen LogP contribution in [-0.4, -0.2) is 22.7 Å². The molecule has 0 aliphatic rings. The zero-order chi connectivity index (χ0) is 15.1. The lowest BCUT2D eigenvalue weighted by Gasteiger charge is -2.06. The topological polar surface area (TPSA) is 69.6 Å². The molecule has 0 saturated carbocycles. The Hall–Kier alpha value is -2.29. The number of thiophene rings is 1. The van der Waals surface area contributed by atoms with E-state index in [4.69, 9.17) is 5.11 Å². The molecular weight excluding hydrogens is 286 g/mol. The van der Waals surface area contributed by atoms with Crippen molar-refractivity contribution in [2.45, 2.75) is 13.0 Å². The quantitative estimate of drug-likeness (QED) is 0.752. The molecule has 0 aliphatic carbocycles. The Labute approximate surface area is 127 Å². The third-order valence-corrected chi connectivity index (χ3v) is 3.76. The Kier molecular flexibility index (Phi) is 5.38. The number of rotatable bonds is 4. The molecule has 5 heteroatoms. The molecule has 0 spiro atoms. The van der Waals surface area contributed by atoms with Crippen molar-refractivity contribution in [2.75, 3.05) is 6.61 Å². The second-order valence-corrected chi connectivity index (χ2v) is 5.30. The first kappa shape index (κ1) is 15.1. The zero-order valence-electron chi connectivity index (χ0n) is 11.3. The normalized spacial score (nSPS) is 9.76. The number of para-hydroxylation sites is 1. The summed E-state index contributed by atoms with van der Waals surface area (Å²) in [5, 5.41) is 23.0. The maximum atomic E-state index is 11.9. The summed E-state index contributed by atoms with van der Waals surface area (Å²) in [7, 11) is 0. The number of aliphatic hydroxyl groups excluding tert-OH is 1. The molecule has 0 unspecified atom stereocenters. The van der Waals surface area contributed by atoms with Gasteiger partial charge in [0.2, 0.25) is 5.91 Å². The van der Waals surface area contributed by atoms with E-state index in [-0.39, 0.29) is 24.7 Å². The van der Waals surface area contributed by atoms with Crippen LogP contribution in [0.1, 0.15) is 16.0 Å². The minimum absolute atomic E-state index is 0.123. The maximum Gasteiger partial charge on any atom is 0.224 e. The predicted octanol–water partition coefficient (Wildman–Crippen LogP) is 1.66. The Bertz CT molecular complexity index is 682. The van der Waals surface area contributed by atoms with Crippen LogP contribution in [0.2, 0.25) is 0 Å². The lowest BCUT2D eigenvalue weighted by atomic mass is 10.1. The largest absolute Gasteiger partial charge is 0.508 e. The van der Waals surface area contributed by atoms with Crippen LogP contribution in [0.3, 0.4) is 0 Å². The third-order valence-electron chi connectivity index (χ3n) is 2.84. The highest BCUT2D eigenvalue weighted by Crippen LogP contribution is 2.17. The number of phenols is 1. The second-order valence-electron chi connectivity index (χ2n) is 4.30. The Morgan fingerprint density at radius 2 is 2.10 bits per heavy atom. The number of aliphatic hydroxyl groups is 1. The number of hydrogen-bond acceptors (Lipinski definition) is 4. The van der Waals surface area contributed by atoms with Gasteiger partial charge in [-0.2, -0.15) is 0 Å². The molecule has 2 aromatic rings. The van der Waals surface area contributed by atoms with E-state index in [0.29, 0.717) is 12.1 Å². The Morgan fingerprint density at radius 3 is 2.86 bits per heavy atom. The molecule has 4 nitrogen and oxygen atoms in total. The molecule has 0 aliphatic heterocycles. The van der Waals surface area contributed by atoms with Crippen molar-refractivity contribution in [3.05, 3.63) is 51.7 Å². The molecule has 0 atom stereocenters. The summed E-state index contributed by atoms with van der Waals surface area (Å²) in [5.41, 5.74) is 1.42. The fourth-order valence-corrected chi connectivity index (χ4v) is 2.57. The minimum atomic E-state index is -0.186. The van der Waals surface area contributed by atoms with E-state index in [1.165, 1.54) is 11.3 Å². The van der Waals surface area contributed by atoms with Crippen molar-refractivity contribution >= 4 is 17.2 Å². The Morgan fingerprint density at radius 1 is 1.29 bits per heavy atom. The van der Waals surface area contributed by atoms with Crippen molar-refractivity contribution in [1.82, 2.24) is 5.32 Å². The molecule has 0 fully saturated rings. The van der Waals surface area contributed by atoms with Crippen LogP contribution in [0.15, 0.2) is 35.7 Å². The van der Waals surface area contributed by atoms with Crippen molar-refractivity contribution in [3.63, 3.8) is 0 Å². The van der Waals surface area contributed by atoms with Crippen LogP contribution in [0.25, 0.3) is 0 Å². The van der Waals surface area contributed by atoms with Gasteiger partial charge in [0.05, 0.1) is 13.0 Å². The molecule has 0 saturated heterocycles. The van der Waals surface area contributed by atoms with Gasteiger partial charge in [-0.3, -0.25) is 4.79 Å². The van der Waals surface area contributed by atoms with Crippen LogP contribution in [0.5, 0.6) is 5.75 Å². The lowest BCUT2D eigenvalue weighted by Crippen LogP contribution is -2.24. The summed E-state index contributed by atoms with van der Waals surface area (Å²) < 4.78 is 0. The summed E-state index contributed by atoms with van der Waals surface area (Å²) in [6.07, 6.45) is 0.135. The number of amides is 1. The number of hydrogen-bond donors (Lipinski definition) is 3. The van der Waals surface area contributed by atoms with Gasteiger partial charge in [-0.15, -0.1) is 11.3 Å². The molecule has 0 radical (unpaired) electrons. The van der Waals surface area contributed by atoms with E-state index in [1.807, 2.05) is 11.4 Å². The highest BCUT2D eigenvalue weighted by Gasteiger charge is 2.08. The fraction of sp³-hybridized carbons (Fsp3) is 0.188. The molecule has 3 N–H and O–H groups in total. The molecule has 1 aromatic carbocycles. The molecule has 1 heterocycles. The highest BCUT2D eigenvalue weighted by atomic mass is 32.1. The molecule has 21 heavy (non-hydrogen) atoms. The molecule has 1 amide bonds. The summed E-state index contributed by atoms with van der Waals surface area (Å²) in [5.74, 6) is 5.40. The smallest absolute Gasteiger partial charge is 0.224 e. The maximum absolute atomic E-state index is 11.9. The van der Waals surface area contributed by atoms with E-state index in [9.17, 15) is 9.90 Å². The van der Waals surface area contributed by atoms with Crippen LogP contribution in [0, 0.1) is 11.8 Å². The summed E-state index contributed by atoms with van der Waals surface area (Å²) in [6, 6.07) is 8.64. The Balaban J connectivity index is 1.93. The monoisotopic (exact) mass is 301 g/mol. The number of aromatic hydroxyl groups is 1. The predicted molar refractivity (Wildman–Crippen MR) is 81.9 cm³/mol. The van der Waals surface area contributed by atoms with Crippen LogP contribution >= 0.6 is 11.3 Å². The first-order chi connectivity index (χ1) is 10.2. The van der Waals surface area contributed by atoms with Gasteiger partial charge < -0.3 is 15.5 Å². The van der Waals surface area contributed by atoms with E-state index in [1.54, 1.807) is 24.3 Å². The zero-order valence-corrected chi connectivity index (χ0v) is 12.1. The van der Waals surface area contributed by atoms with Crippen LogP contribution in [0.4, 0.5) is 0 Å². The van der Waals surface area contributed by atoms with E-state index in [0.717, 1.165) is 10.4 Å². The van der Waals surface area contributed by atoms with Gasteiger partial charge in [0, 0.05) is 16.0 Å². The number of benzene rings is 1. The van der Waals surface area contributed by atoms with Gasteiger partial charge in [-0.05, 0) is 17.5 Å². The first-order valence-corrected chi connectivity index (χ1v) is 7.28. The average molecular weight is 301 g/mol. The van der Waals surface area contributed by atoms with Crippen molar-refractivity contribution in [1.29, 1.82) is 0 Å². The van der Waals surface area contributed by atoms with E-state index < -0.39 is 0 Å². The first-order valence-electron chi connectivity index (χ1n) is 6.40. The van der Waals surface area contributed by atoms with Crippen molar-refractivity contribution < 1.29 is 15.0 Å². The van der Waals surface area contributed by atoms with Gasteiger partial charge in [0.1, 0.15) is 12.4 Å². The molecule has 0 bridgehead atoms. The summed E-state index contributed by atoms with van der Waals surface area (Å²) in [6.45, 7) is 0.203. The van der Waals surface area contributed by atoms with Crippen LogP contribution in [-0.2, 0) is 17.8 Å². The highest BCUT2D eigenvalue weighted by molar-refractivity contribution is 7.10. The average Bonchev–Trinajstić information content (AvgIpc) is 2.93. The van der Waals surface area contributed by atoms with Crippen molar-refractivity contribution in [3.8, 4) is 17.6 Å². The van der Waals surface area contributed by atoms with Crippen molar-refractivity contribution in [2.24, 2.45) is 0 Å². The van der Waals surface area contributed by atoms with Gasteiger partial charge in [0.15, 0.2) is 0 Å². The minimum Gasteiger partial charge on any atom is -0.508 e. The van der Waals surface area contributed by atoms with Crippen LogP contribution < -0.4 is 5.32 Å². The van der Waals surface area contributed by atoms with Gasteiger partial charge in [-0.1, -0.05) is 30.0 Å². The van der Waals surface area contributed by atoms with Gasteiger partial charge >= 0.3 is 0 Å². The molecule has 1 aromatic heterocycles. The molecule has 108 valence electrons. The fourth-order valence-electron chi connectivity index (χ4n) is 1.80. The van der Waals surface area contributed by atoms with E-state index >= 15 is 0 Å². The van der Waals surface area contributed by atoms with Gasteiger partial charge in [0.25, 0.3) is 0 Å². The number of carbonyl (C=O) groups is 1. The molecular formula is C16H15NO3S. The van der Waals surface area contributed by atoms with Gasteiger partial charge in [-0.25, -0.2) is 0 Å². The number of carbonyl (C=O) groups excluding carboxylic acids is 1. The summed E-state index contributed by atoms with van der Waals surface area (Å²) in [4.78, 5) is 12.8. The number of nitrogens with one attached hydrogen (secondary N) is 1. The third kappa shape index (κ3) is 4.35. The lowest BCUT2D eigenvalue weighted by molar-refractivity contribution is -0.120. The van der Waals surface area contributed by atoms with E-state index in [2.05, 4.69) is 17.2 Å².